The van der Waals surface area contributed by atoms with Crippen LogP contribution in [0.2, 0.25) is 0 Å². The monoisotopic (exact) mass is 525 g/mol. The second-order valence-electron chi connectivity index (χ2n) is 9.04. The molecule has 0 spiro atoms. The third kappa shape index (κ3) is 7.58. The van der Waals surface area contributed by atoms with E-state index in [1.54, 1.807) is 50.6 Å². The van der Waals surface area contributed by atoms with E-state index in [1.165, 1.54) is 0 Å². The zero-order valence-corrected chi connectivity index (χ0v) is 22.7. The molecule has 8 nitrogen and oxygen atoms in total. The van der Waals surface area contributed by atoms with E-state index < -0.39 is 0 Å². The van der Waals surface area contributed by atoms with Crippen LogP contribution in [0.4, 0.5) is 0 Å². The van der Waals surface area contributed by atoms with Crippen LogP contribution in [0.15, 0.2) is 84.5 Å². The molecule has 0 unspecified atom stereocenters. The van der Waals surface area contributed by atoms with Gasteiger partial charge in [0.15, 0.2) is 0 Å². The Bertz CT molecular complexity index is 1480. The molecule has 0 aliphatic carbocycles. The molecule has 0 saturated heterocycles. The minimum absolute atomic E-state index is 0.00877. The Morgan fingerprint density at radius 1 is 0.692 bits per heavy atom. The summed E-state index contributed by atoms with van der Waals surface area (Å²) in [5.41, 5.74) is 3.73. The van der Waals surface area contributed by atoms with E-state index in [4.69, 9.17) is 23.7 Å². The number of hydrogen-bond donors (Lipinski definition) is 0. The van der Waals surface area contributed by atoms with E-state index in [0.29, 0.717) is 35.2 Å². The van der Waals surface area contributed by atoms with E-state index >= 15 is 0 Å². The van der Waals surface area contributed by atoms with Crippen molar-refractivity contribution in [1.29, 1.82) is 0 Å². The molecule has 4 aromatic rings. The van der Waals surface area contributed by atoms with Crippen molar-refractivity contribution < 1.29 is 23.7 Å². The highest BCUT2D eigenvalue weighted by atomic mass is 16.5. The number of benzene rings is 3. The second kappa shape index (κ2) is 12.6. The van der Waals surface area contributed by atoms with Gasteiger partial charge >= 0.3 is 18.0 Å². The van der Waals surface area contributed by atoms with Gasteiger partial charge in [-0.25, -0.2) is 0 Å². The summed E-state index contributed by atoms with van der Waals surface area (Å²) in [7, 11) is 3.23. The summed E-state index contributed by atoms with van der Waals surface area (Å²) in [6, 6.07) is 20.2. The molecular weight excluding hydrogens is 494 g/mol. The summed E-state index contributed by atoms with van der Waals surface area (Å²) < 4.78 is 29.0. The molecule has 0 aliphatic rings. The van der Waals surface area contributed by atoms with Crippen LogP contribution in [0.3, 0.4) is 0 Å². The van der Waals surface area contributed by atoms with Crippen LogP contribution >= 0.6 is 0 Å². The molecule has 1 aromatic heterocycles. The fraction of sp³-hybridized carbons (Fsp3) is 0.194. The van der Waals surface area contributed by atoms with Gasteiger partial charge in [-0.1, -0.05) is 42.0 Å². The van der Waals surface area contributed by atoms with Gasteiger partial charge in [-0.2, -0.15) is 0 Å². The SMILES string of the molecule is C=C(C)Cc1cc(OC)ccc1Oc1nc(Oc2ccccc2)nc(Oc2ccc(OC)cc2C=C(C)C)n1. The average molecular weight is 526 g/mol. The summed E-state index contributed by atoms with van der Waals surface area (Å²) in [4.78, 5) is 13.2. The number of methoxy groups -OCH3 is 2. The first-order valence-corrected chi connectivity index (χ1v) is 12.3. The predicted molar refractivity (Wildman–Crippen MR) is 150 cm³/mol. The topological polar surface area (TPSA) is 84.8 Å². The highest BCUT2D eigenvalue weighted by Crippen LogP contribution is 2.33. The van der Waals surface area contributed by atoms with Crippen LogP contribution in [-0.4, -0.2) is 29.2 Å². The lowest BCUT2D eigenvalue weighted by Crippen LogP contribution is -2.03. The van der Waals surface area contributed by atoms with E-state index in [9.17, 15) is 0 Å². The Morgan fingerprint density at radius 3 is 1.85 bits per heavy atom. The molecule has 0 N–H and O–H groups in total. The Kier molecular flexibility index (Phi) is 8.78. The molecule has 1 heterocycles. The van der Waals surface area contributed by atoms with Gasteiger partial charge in [-0.3, -0.25) is 0 Å². The first kappa shape index (κ1) is 27.2. The molecular formula is C31H31N3O5. The van der Waals surface area contributed by atoms with Crippen LogP contribution < -0.4 is 23.7 Å². The number of aromatic nitrogens is 3. The Hall–Kier alpha value is -4.85. The minimum atomic E-state index is 0.00877. The normalized spacial score (nSPS) is 10.4. The van der Waals surface area contributed by atoms with Crippen LogP contribution in [0, 0.1) is 0 Å². The van der Waals surface area contributed by atoms with Gasteiger partial charge in [0.05, 0.1) is 14.2 Å². The predicted octanol–water partition coefficient (Wildman–Crippen LogP) is 7.81. The maximum Gasteiger partial charge on any atom is 0.331 e. The van der Waals surface area contributed by atoms with Crippen LogP contribution in [-0.2, 0) is 6.42 Å². The zero-order chi connectivity index (χ0) is 27.8. The highest BCUT2D eigenvalue weighted by molar-refractivity contribution is 5.61. The third-order valence-electron chi connectivity index (χ3n) is 5.35. The van der Waals surface area contributed by atoms with Crippen molar-refractivity contribution in [3.8, 4) is 46.8 Å². The minimum Gasteiger partial charge on any atom is -0.497 e. The van der Waals surface area contributed by atoms with E-state index in [-0.39, 0.29) is 18.0 Å². The standard InChI is InChI=1S/C31H31N3O5/c1-20(2)16-22-18-25(35-5)12-14-27(22)38-30-32-29(37-24-10-8-7-9-11-24)33-31(34-30)39-28-15-13-26(36-6)19-23(28)17-21(3)4/h7-15,17-19H,1,16H2,2-6H3. The summed E-state index contributed by atoms with van der Waals surface area (Å²) in [5, 5.41) is 0. The number of ether oxygens (including phenoxy) is 5. The number of rotatable bonds is 11. The van der Waals surface area contributed by atoms with Crippen molar-refractivity contribution in [3.05, 3.63) is 95.6 Å². The Labute approximate surface area is 228 Å². The first-order valence-electron chi connectivity index (χ1n) is 12.3. The number of para-hydroxylation sites is 1. The van der Waals surface area contributed by atoms with Crippen molar-refractivity contribution in [1.82, 2.24) is 15.0 Å². The lowest BCUT2D eigenvalue weighted by atomic mass is 10.1. The fourth-order valence-electron chi connectivity index (χ4n) is 3.66. The van der Waals surface area contributed by atoms with Crippen molar-refractivity contribution in [2.75, 3.05) is 14.2 Å². The molecule has 0 amide bonds. The molecule has 0 atom stereocenters. The second-order valence-corrected chi connectivity index (χ2v) is 9.04. The summed E-state index contributed by atoms with van der Waals surface area (Å²) >= 11 is 0. The van der Waals surface area contributed by atoms with Crippen molar-refractivity contribution in [3.63, 3.8) is 0 Å². The van der Waals surface area contributed by atoms with Gasteiger partial charge in [0, 0.05) is 11.1 Å². The van der Waals surface area contributed by atoms with Gasteiger partial charge in [0.25, 0.3) is 0 Å². The van der Waals surface area contributed by atoms with Gasteiger partial charge in [-0.05, 0) is 75.7 Å². The molecule has 200 valence electrons. The van der Waals surface area contributed by atoms with E-state index in [1.807, 2.05) is 57.2 Å². The van der Waals surface area contributed by atoms with Gasteiger partial charge in [-0.15, -0.1) is 15.0 Å². The van der Waals surface area contributed by atoms with Gasteiger partial charge < -0.3 is 23.7 Å². The van der Waals surface area contributed by atoms with Crippen LogP contribution in [0.1, 0.15) is 31.9 Å². The lowest BCUT2D eigenvalue weighted by Gasteiger charge is -2.14. The van der Waals surface area contributed by atoms with Crippen LogP contribution in [0.5, 0.6) is 46.8 Å². The van der Waals surface area contributed by atoms with Crippen molar-refractivity contribution in [2.24, 2.45) is 0 Å². The zero-order valence-electron chi connectivity index (χ0n) is 22.7. The summed E-state index contributed by atoms with van der Waals surface area (Å²) in [6.45, 7) is 9.98. The maximum atomic E-state index is 6.15. The molecule has 3 aromatic carbocycles. The number of hydrogen-bond acceptors (Lipinski definition) is 8. The quantitative estimate of drug-likeness (QED) is 0.183. The molecule has 0 aliphatic heterocycles. The highest BCUT2D eigenvalue weighted by Gasteiger charge is 2.16. The largest absolute Gasteiger partial charge is 0.497 e. The van der Waals surface area contributed by atoms with Crippen molar-refractivity contribution in [2.45, 2.75) is 27.2 Å². The van der Waals surface area contributed by atoms with Crippen molar-refractivity contribution >= 4 is 6.08 Å². The fourth-order valence-corrected chi connectivity index (χ4v) is 3.66. The van der Waals surface area contributed by atoms with Gasteiger partial charge in [0.2, 0.25) is 0 Å². The molecule has 0 bridgehead atoms. The number of allylic oxidation sites excluding steroid dienone is 2. The Balaban J connectivity index is 1.74. The molecule has 0 saturated carbocycles. The lowest BCUT2D eigenvalue weighted by molar-refractivity contribution is 0.359. The summed E-state index contributed by atoms with van der Waals surface area (Å²) in [5.74, 6) is 3.05. The Morgan fingerprint density at radius 2 is 1.26 bits per heavy atom. The van der Waals surface area contributed by atoms with E-state index in [0.717, 1.165) is 22.3 Å². The third-order valence-corrected chi connectivity index (χ3v) is 5.35. The smallest absolute Gasteiger partial charge is 0.331 e. The molecule has 4 rings (SSSR count). The maximum absolute atomic E-state index is 6.15. The molecule has 8 heteroatoms. The van der Waals surface area contributed by atoms with E-state index in [2.05, 4.69) is 21.5 Å². The first-order chi connectivity index (χ1) is 18.8. The molecule has 0 fully saturated rings. The molecule has 0 radical (unpaired) electrons. The average Bonchev–Trinajstić information content (AvgIpc) is 2.90. The molecule has 39 heavy (non-hydrogen) atoms. The number of nitrogens with zero attached hydrogens (tertiary/aromatic N) is 3. The van der Waals surface area contributed by atoms with Crippen LogP contribution in [0.25, 0.3) is 6.08 Å². The summed E-state index contributed by atoms with van der Waals surface area (Å²) in [6.07, 6.45) is 2.57. The van der Waals surface area contributed by atoms with Gasteiger partial charge in [0.1, 0.15) is 28.7 Å².